The average molecular weight is 413 g/mol. The molecule has 1 aromatic rings. The molecule has 3 fully saturated rings. The lowest BCUT2D eigenvalue weighted by Crippen LogP contribution is -2.55. The number of halogens is 1. The highest BCUT2D eigenvalue weighted by Crippen LogP contribution is 2.49. The molecule has 3 aliphatic rings. The number of piperidine rings is 1. The SMILES string of the molecule is CC[S+]([O-])N1CC(OCCC2CC2C2CCN(c3ncc(Cl)cn3)CC2)C1. The van der Waals surface area contributed by atoms with Crippen LogP contribution in [0.15, 0.2) is 12.4 Å². The molecule has 2 aliphatic heterocycles. The van der Waals surface area contributed by atoms with Crippen molar-refractivity contribution in [1.29, 1.82) is 0 Å². The molecule has 8 heteroatoms. The van der Waals surface area contributed by atoms with Gasteiger partial charge in [-0.05, 0) is 50.4 Å². The summed E-state index contributed by atoms with van der Waals surface area (Å²) >= 11 is 5.07. The van der Waals surface area contributed by atoms with Gasteiger partial charge in [-0.25, -0.2) is 9.97 Å². The predicted molar refractivity (Wildman–Crippen MR) is 108 cm³/mol. The zero-order chi connectivity index (χ0) is 18.8. The van der Waals surface area contributed by atoms with Crippen LogP contribution in [-0.4, -0.2) is 63.5 Å². The van der Waals surface area contributed by atoms with Gasteiger partial charge in [-0.15, -0.1) is 4.31 Å². The van der Waals surface area contributed by atoms with Gasteiger partial charge in [0.25, 0.3) is 0 Å². The molecule has 6 nitrogen and oxygen atoms in total. The van der Waals surface area contributed by atoms with Crippen molar-refractivity contribution in [2.75, 3.05) is 43.4 Å². The maximum atomic E-state index is 11.6. The minimum atomic E-state index is -0.801. The normalized spacial score (nSPS) is 28.2. The van der Waals surface area contributed by atoms with E-state index in [9.17, 15) is 4.55 Å². The number of anilines is 1. The van der Waals surface area contributed by atoms with E-state index in [-0.39, 0.29) is 0 Å². The Hall–Kier alpha value is -0.600. The van der Waals surface area contributed by atoms with E-state index in [4.69, 9.17) is 16.3 Å². The third-order valence-corrected chi connectivity index (χ3v) is 7.77. The maximum Gasteiger partial charge on any atom is 0.225 e. The minimum Gasteiger partial charge on any atom is -0.598 e. The molecule has 3 atom stereocenters. The first-order valence-corrected chi connectivity index (χ1v) is 11.8. The smallest absolute Gasteiger partial charge is 0.225 e. The van der Waals surface area contributed by atoms with Crippen LogP contribution in [-0.2, 0) is 16.1 Å². The van der Waals surface area contributed by atoms with Crippen LogP contribution >= 0.6 is 11.6 Å². The van der Waals surface area contributed by atoms with Gasteiger partial charge >= 0.3 is 0 Å². The Kier molecular flexibility index (Phi) is 6.44. The monoisotopic (exact) mass is 412 g/mol. The molecular formula is C19H29ClN4O2S. The van der Waals surface area contributed by atoms with Gasteiger partial charge in [-0.3, -0.25) is 0 Å². The van der Waals surface area contributed by atoms with Gasteiger partial charge in [0.1, 0.15) is 5.75 Å². The van der Waals surface area contributed by atoms with Gasteiger partial charge in [0.05, 0.1) is 36.6 Å². The van der Waals surface area contributed by atoms with Gasteiger partial charge in [0.2, 0.25) is 5.95 Å². The molecule has 0 radical (unpaired) electrons. The van der Waals surface area contributed by atoms with E-state index < -0.39 is 11.4 Å². The molecule has 27 heavy (non-hydrogen) atoms. The van der Waals surface area contributed by atoms with Crippen molar-refractivity contribution in [3.8, 4) is 0 Å². The quantitative estimate of drug-likeness (QED) is 0.612. The molecule has 3 heterocycles. The fourth-order valence-electron chi connectivity index (χ4n) is 4.42. The fraction of sp³-hybridized carbons (Fsp3) is 0.789. The second kappa shape index (κ2) is 8.82. The Morgan fingerprint density at radius 2 is 1.96 bits per heavy atom. The summed E-state index contributed by atoms with van der Waals surface area (Å²) in [7, 11) is 0. The number of aromatic nitrogens is 2. The summed E-state index contributed by atoms with van der Waals surface area (Å²) < 4.78 is 19.6. The zero-order valence-electron chi connectivity index (χ0n) is 15.9. The molecule has 1 aromatic heterocycles. The first-order chi connectivity index (χ1) is 13.1. The van der Waals surface area contributed by atoms with Crippen molar-refractivity contribution in [3.63, 3.8) is 0 Å². The van der Waals surface area contributed by atoms with Gasteiger partial charge in [0, 0.05) is 31.1 Å². The number of ether oxygens (including phenoxy) is 1. The summed E-state index contributed by atoms with van der Waals surface area (Å²) in [5.74, 6) is 4.07. The molecule has 1 aliphatic carbocycles. The van der Waals surface area contributed by atoms with Crippen LogP contribution in [0.1, 0.15) is 32.6 Å². The van der Waals surface area contributed by atoms with E-state index in [1.54, 1.807) is 12.4 Å². The van der Waals surface area contributed by atoms with Gasteiger partial charge in [-0.1, -0.05) is 11.6 Å². The summed E-state index contributed by atoms with van der Waals surface area (Å²) in [6, 6.07) is 0. The molecule has 3 unspecified atom stereocenters. The van der Waals surface area contributed by atoms with Crippen LogP contribution in [0.4, 0.5) is 5.95 Å². The lowest BCUT2D eigenvalue weighted by atomic mass is 9.90. The molecule has 0 amide bonds. The van der Waals surface area contributed by atoms with E-state index in [1.165, 1.54) is 25.7 Å². The lowest BCUT2D eigenvalue weighted by molar-refractivity contribution is -0.0225. The van der Waals surface area contributed by atoms with E-state index in [2.05, 4.69) is 14.9 Å². The molecule has 2 saturated heterocycles. The summed E-state index contributed by atoms with van der Waals surface area (Å²) in [5, 5.41) is 0.588. The number of rotatable bonds is 8. The molecule has 150 valence electrons. The largest absolute Gasteiger partial charge is 0.598 e. The molecular weight excluding hydrogens is 384 g/mol. The Morgan fingerprint density at radius 1 is 1.26 bits per heavy atom. The molecule has 0 N–H and O–H groups in total. The molecule has 0 bridgehead atoms. The van der Waals surface area contributed by atoms with Gasteiger partial charge in [0.15, 0.2) is 0 Å². The van der Waals surface area contributed by atoms with Crippen molar-refractivity contribution in [3.05, 3.63) is 17.4 Å². The Labute approximate surface area is 169 Å². The van der Waals surface area contributed by atoms with Crippen molar-refractivity contribution in [2.45, 2.75) is 38.7 Å². The maximum absolute atomic E-state index is 11.6. The van der Waals surface area contributed by atoms with Crippen molar-refractivity contribution in [1.82, 2.24) is 14.3 Å². The first kappa shape index (κ1) is 19.7. The average Bonchev–Trinajstić information content (AvgIpc) is 3.43. The van der Waals surface area contributed by atoms with E-state index >= 15 is 0 Å². The van der Waals surface area contributed by atoms with Crippen molar-refractivity contribution in [2.24, 2.45) is 17.8 Å². The molecule has 1 saturated carbocycles. The molecule has 0 aromatic carbocycles. The van der Waals surface area contributed by atoms with E-state index in [0.29, 0.717) is 16.9 Å². The number of nitrogens with zero attached hydrogens (tertiary/aromatic N) is 4. The number of hydrogen-bond donors (Lipinski definition) is 0. The highest BCUT2D eigenvalue weighted by molar-refractivity contribution is 7.89. The third-order valence-electron chi connectivity index (χ3n) is 6.20. The summed E-state index contributed by atoms with van der Waals surface area (Å²) in [6.07, 6.45) is 8.64. The summed E-state index contributed by atoms with van der Waals surface area (Å²) in [5.41, 5.74) is 0. The fourth-order valence-corrected chi connectivity index (χ4v) is 5.55. The molecule has 4 rings (SSSR count). The lowest BCUT2D eigenvalue weighted by Gasteiger charge is -2.37. The zero-order valence-corrected chi connectivity index (χ0v) is 17.5. The van der Waals surface area contributed by atoms with Crippen LogP contribution in [0.25, 0.3) is 0 Å². The van der Waals surface area contributed by atoms with Crippen molar-refractivity contribution < 1.29 is 9.29 Å². The Morgan fingerprint density at radius 3 is 2.63 bits per heavy atom. The second-order valence-corrected chi connectivity index (χ2v) is 10.1. The summed E-state index contributed by atoms with van der Waals surface area (Å²) in [6.45, 7) is 6.57. The van der Waals surface area contributed by atoms with Gasteiger partial charge in [-0.2, -0.15) is 0 Å². The predicted octanol–water partition coefficient (Wildman–Crippen LogP) is 2.76. The number of hydrogen-bond acceptors (Lipinski definition) is 6. The minimum absolute atomic E-state index is 0.292. The van der Waals surface area contributed by atoms with Gasteiger partial charge < -0.3 is 14.2 Å². The third kappa shape index (κ3) is 4.88. The van der Waals surface area contributed by atoms with E-state index in [0.717, 1.165) is 56.5 Å². The van der Waals surface area contributed by atoms with Crippen molar-refractivity contribution >= 4 is 28.9 Å². The Bertz CT molecular complexity index is 608. The second-order valence-electron chi connectivity index (χ2n) is 7.92. The van der Waals surface area contributed by atoms with Crippen LogP contribution in [0.2, 0.25) is 5.02 Å². The standard InChI is InChI=1S/C19H29ClN4O2S/c1-2-27(25)24-12-17(13-24)26-8-5-15-9-18(15)14-3-6-23(7-4-14)19-21-10-16(20)11-22-19/h10-11,14-15,17-18H,2-9,12-13H2,1H3. The summed E-state index contributed by atoms with van der Waals surface area (Å²) in [4.78, 5) is 11.0. The van der Waals surface area contributed by atoms with Crippen LogP contribution < -0.4 is 4.90 Å². The van der Waals surface area contributed by atoms with Crippen LogP contribution in [0, 0.1) is 17.8 Å². The molecule has 0 spiro atoms. The highest BCUT2D eigenvalue weighted by atomic mass is 35.5. The topological polar surface area (TPSA) is 64.6 Å². The van der Waals surface area contributed by atoms with Crippen LogP contribution in [0.3, 0.4) is 0 Å². The van der Waals surface area contributed by atoms with E-state index in [1.807, 2.05) is 11.2 Å². The first-order valence-electron chi connectivity index (χ1n) is 10.1. The Balaban J connectivity index is 1.10. The highest BCUT2D eigenvalue weighted by Gasteiger charge is 2.43. The van der Waals surface area contributed by atoms with Crippen LogP contribution in [0.5, 0.6) is 0 Å².